The Kier molecular flexibility index (Phi) is 4.19. The van der Waals surface area contributed by atoms with Crippen molar-refractivity contribution in [2.75, 3.05) is 6.61 Å². The van der Waals surface area contributed by atoms with Crippen LogP contribution in [0.4, 0.5) is 0 Å². The molecule has 2 aromatic rings. The maximum Gasteiger partial charge on any atom is 0.245 e. The Labute approximate surface area is 111 Å². The summed E-state index contributed by atoms with van der Waals surface area (Å²) < 4.78 is 5.85. The molecule has 1 atom stereocenters. The molecule has 0 saturated carbocycles. The van der Waals surface area contributed by atoms with Gasteiger partial charge in [-0.05, 0) is 19.4 Å². The van der Waals surface area contributed by atoms with Crippen LogP contribution in [0.1, 0.15) is 31.2 Å². The van der Waals surface area contributed by atoms with Crippen LogP contribution in [0.15, 0.2) is 28.7 Å². The Bertz CT molecular complexity index is 577. The number of carbonyl (C=O) groups excluding carboxylic acids is 1. The topological polar surface area (TPSA) is 77.5 Å². The lowest BCUT2D eigenvalue weighted by atomic mass is 10.1. The monoisotopic (exact) mass is 262 g/mol. The predicted molar refractivity (Wildman–Crippen MR) is 72.3 cm³/mol. The highest BCUT2D eigenvalue weighted by Crippen LogP contribution is 2.30. The Balaban J connectivity index is 2.21. The molecule has 2 rings (SSSR count). The smallest absolute Gasteiger partial charge is 0.245 e. The summed E-state index contributed by atoms with van der Waals surface area (Å²) in [5.41, 5.74) is 9.79. The first-order valence-electron chi connectivity index (χ1n) is 6.29. The van der Waals surface area contributed by atoms with Crippen LogP contribution in [-0.4, -0.2) is 12.5 Å². The van der Waals surface area contributed by atoms with Crippen molar-refractivity contribution in [3.63, 3.8) is 0 Å². The van der Waals surface area contributed by atoms with Gasteiger partial charge in [-0.1, -0.05) is 25.1 Å². The maximum atomic E-state index is 10.6. The summed E-state index contributed by atoms with van der Waals surface area (Å²) in [6.07, 6.45) is 0.869. The highest BCUT2D eigenvalue weighted by atomic mass is 16.6. The van der Waals surface area contributed by atoms with Crippen LogP contribution >= 0.6 is 0 Å². The first-order chi connectivity index (χ1) is 9.13. The third kappa shape index (κ3) is 2.94. The zero-order valence-corrected chi connectivity index (χ0v) is 11.1. The Morgan fingerprint density at radius 2 is 2.21 bits per heavy atom. The molecule has 3 N–H and O–H groups in total. The van der Waals surface area contributed by atoms with Crippen molar-refractivity contribution in [1.29, 1.82) is 0 Å². The highest BCUT2D eigenvalue weighted by Gasteiger charge is 2.18. The van der Waals surface area contributed by atoms with E-state index in [1.165, 1.54) is 0 Å². The average Bonchev–Trinajstić information content (AvgIpc) is 2.76. The molecule has 102 valence electrons. The molecule has 0 spiro atoms. The van der Waals surface area contributed by atoms with Crippen LogP contribution in [0.5, 0.6) is 0 Å². The van der Waals surface area contributed by atoms with Crippen LogP contribution < -0.4 is 11.2 Å². The lowest BCUT2D eigenvalue weighted by Crippen LogP contribution is -2.26. The molecule has 5 heteroatoms. The van der Waals surface area contributed by atoms with E-state index in [4.69, 9.17) is 15.0 Å². The van der Waals surface area contributed by atoms with Crippen LogP contribution in [0.3, 0.4) is 0 Å². The number of hydrogen-bond donors (Lipinski definition) is 2. The highest BCUT2D eigenvalue weighted by molar-refractivity contribution is 5.82. The number of aryl methyl sites for hydroxylation is 1. The summed E-state index contributed by atoms with van der Waals surface area (Å²) >= 11 is 0. The van der Waals surface area contributed by atoms with Gasteiger partial charge in [-0.3, -0.25) is 9.63 Å². The van der Waals surface area contributed by atoms with E-state index in [0.29, 0.717) is 0 Å². The average molecular weight is 262 g/mol. The minimum absolute atomic E-state index is 0.151. The van der Waals surface area contributed by atoms with E-state index in [1.807, 2.05) is 31.2 Å². The van der Waals surface area contributed by atoms with Gasteiger partial charge >= 0.3 is 0 Å². The number of amides is 1. The van der Waals surface area contributed by atoms with Gasteiger partial charge in [-0.25, -0.2) is 0 Å². The fraction of sp³-hybridized carbons (Fsp3) is 0.357. The van der Waals surface area contributed by atoms with Crippen molar-refractivity contribution in [2.45, 2.75) is 26.3 Å². The van der Waals surface area contributed by atoms with Gasteiger partial charge < -0.3 is 10.2 Å². The Hall–Kier alpha value is -1.85. The van der Waals surface area contributed by atoms with Crippen molar-refractivity contribution >= 4 is 16.9 Å². The van der Waals surface area contributed by atoms with E-state index in [-0.39, 0.29) is 12.6 Å². The fourth-order valence-electron chi connectivity index (χ4n) is 2.12. The van der Waals surface area contributed by atoms with Crippen LogP contribution in [-0.2, 0) is 16.1 Å². The number of primary amides is 1. The summed E-state index contributed by atoms with van der Waals surface area (Å²) in [7, 11) is 0. The number of benzene rings is 1. The van der Waals surface area contributed by atoms with Gasteiger partial charge in [0.15, 0.2) is 0 Å². The predicted octanol–water partition coefficient (Wildman–Crippen LogP) is 2.06. The second-order valence-electron chi connectivity index (χ2n) is 4.39. The second kappa shape index (κ2) is 5.86. The molecule has 0 saturated heterocycles. The number of furan rings is 1. The van der Waals surface area contributed by atoms with E-state index in [9.17, 15) is 4.79 Å². The zero-order valence-electron chi connectivity index (χ0n) is 11.1. The molecule has 0 fully saturated rings. The van der Waals surface area contributed by atoms with Crippen molar-refractivity contribution in [2.24, 2.45) is 5.73 Å². The molecule has 0 aliphatic rings. The second-order valence-corrected chi connectivity index (χ2v) is 4.39. The molecule has 5 nitrogen and oxygen atoms in total. The van der Waals surface area contributed by atoms with E-state index >= 15 is 0 Å². The molecule has 1 heterocycles. The van der Waals surface area contributed by atoms with Crippen molar-refractivity contribution in [3.05, 3.63) is 35.6 Å². The third-order valence-corrected chi connectivity index (χ3v) is 2.95. The molecule has 1 unspecified atom stereocenters. The van der Waals surface area contributed by atoms with Gasteiger partial charge in [0, 0.05) is 10.9 Å². The molecule has 0 aliphatic heterocycles. The molecule has 1 amide bonds. The molecule has 1 aromatic carbocycles. The Morgan fingerprint density at radius 1 is 1.47 bits per heavy atom. The fourth-order valence-corrected chi connectivity index (χ4v) is 2.12. The summed E-state index contributed by atoms with van der Waals surface area (Å²) in [5.74, 6) is 0.313. The van der Waals surface area contributed by atoms with E-state index in [1.54, 1.807) is 0 Å². The summed E-state index contributed by atoms with van der Waals surface area (Å²) in [5, 5.41) is 1.11. The minimum atomic E-state index is -0.514. The number of nitrogens with two attached hydrogens (primary N) is 1. The summed E-state index contributed by atoms with van der Waals surface area (Å²) in [4.78, 5) is 15.6. The van der Waals surface area contributed by atoms with Crippen LogP contribution in [0.25, 0.3) is 11.0 Å². The Morgan fingerprint density at radius 3 is 2.89 bits per heavy atom. The molecule has 19 heavy (non-hydrogen) atoms. The van der Waals surface area contributed by atoms with Gasteiger partial charge in [0.1, 0.15) is 18.0 Å². The minimum Gasteiger partial charge on any atom is -0.459 e. The first-order valence-corrected chi connectivity index (χ1v) is 6.29. The molecule has 0 radical (unpaired) electrons. The van der Waals surface area contributed by atoms with Gasteiger partial charge in [-0.2, -0.15) is 5.48 Å². The number of hydroxylamine groups is 1. The number of fused-ring (bicyclic) bond motifs is 1. The van der Waals surface area contributed by atoms with Crippen LogP contribution in [0.2, 0.25) is 0 Å². The van der Waals surface area contributed by atoms with Gasteiger partial charge in [0.2, 0.25) is 5.91 Å². The lowest BCUT2D eigenvalue weighted by molar-refractivity contribution is -0.126. The van der Waals surface area contributed by atoms with Crippen LogP contribution in [0, 0.1) is 0 Å². The molecular weight excluding hydrogens is 244 g/mol. The standard InChI is InChI=1S/C14H18N2O3/c1-3-10-11-6-4-5-7-12(11)19-14(10)9(2)16-18-8-13(15)17/h4-7,9,16H,3,8H2,1-2H3,(H2,15,17). The quantitative estimate of drug-likeness (QED) is 0.781. The summed E-state index contributed by atoms with van der Waals surface area (Å²) in [6, 6.07) is 7.76. The van der Waals surface area contributed by atoms with Crippen molar-refractivity contribution in [3.8, 4) is 0 Å². The number of hydrogen-bond acceptors (Lipinski definition) is 4. The molecule has 0 bridgehead atoms. The van der Waals surface area contributed by atoms with Gasteiger partial charge in [0.25, 0.3) is 0 Å². The first kappa shape index (κ1) is 13.6. The van der Waals surface area contributed by atoms with Gasteiger partial charge in [-0.15, -0.1) is 0 Å². The zero-order chi connectivity index (χ0) is 13.8. The van der Waals surface area contributed by atoms with Crippen molar-refractivity contribution in [1.82, 2.24) is 5.48 Å². The van der Waals surface area contributed by atoms with E-state index in [0.717, 1.165) is 28.7 Å². The third-order valence-electron chi connectivity index (χ3n) is 2.95. The number of nitrogens with one attached hydrogen (secondary N) is 1. The number of carbonyl (C=O) groups is 1. The normalized spacial score (nSPS) is 12.7. The van der Waals surface area contributed by atoms with Gasteiger partial charge in [0.05, 0.1) is 6.04 Å². The summed E-state index contributed by atoms with van der Waals surface area (Å²) in [6.45, 7) is 3.83. The number of para-hydroxylation sites is 1. The molecule has 1 aromatic heterocycles. The maximum absolute atomic E-state index is 10.6. The van der Waals surface area contributed by atoms with E-state index < -0.39 is 5.91 Å². The molecular formula is C14H18N2O3. The molecule has 0 aliphatic carbocycles. The largest absolute Gasteiger partial charge is 0.459 e. The SMILES string of the molecule is CCc1c(C(C)NOCC(N)=O)oc2ccccc12. The van der Waals surface area contributed by atoms with Crippen molar-refractivity contribution < 1.29 is 14.0 Å². The van der Waals surface area contributed by atoms with E-state index in [2.05, 4.69) is 12.4 Å². The number of rotatable bonds is 6. The lowest BCUT2D eigenvalue weighted by Gasteiger charge is -2.12.